The number of Topliss-reactive ketones (excluding diaryl/α,β-unsaturated/α-hetero) is 1. The van der Waals surface area contributed by atoms with Crippen molar-refractivity contribution in [1.82, 2.24) is 0 Å². The number of halogens is 1. The van der Waals surface area contributed by atoms with Crippen LogP contribution in [0.3, 0.4) is 0 Å². The Labute approximate surface area is 233 Å². The van der Waals surface area contributed by atoms with E-state index in [1.165, 1.54) is 0 Å². The van der Waals surface area contributed by atoms with Crippen molar-refractivity contribution in [3.63, 3.8) is 0 Å². The highest BCUT2D eigenvalue weighted by Gasteiger charge is 2.46. The van der Waals surface area contributed by atoms with E-state index in [0.717, 1.165) is 11.1 Å². The van der Waals surface area contributed by atoms with Gasteiger partial charge in [0.2, 0.25) is 5.88 Å². The highest BCUT2D eigenvalue weighted by molar-refractivity contribution is 6.30. The highest BCUT2D eigenvalue weighted by Crippen LogP contribution is 2.50. The predicted octanol–water partition coefficient (Wildman–Crippen LogP) is 5.46. The summed E-state index contributed by atoms with van der Waals surface area (Å²) in [5, 5.41) is 3.21. The number of hydrogen-bond acceptors (Lipinski definition) is 7. The van der Waals surface area contributed by atoms with Gasteiger partial charge in [0.25, 0.3) is 5.91 Å². The second-order valence-electron chi connectivity index (χ2n) is 10.6. The molecule has 1 unspecified atom stereocenters. The predicted molar refractivity (Wildman–Crippen MR) is 148 cm³/mol. The number of rotatable bonds is 7. The van der Waals surface area contributed by atoms with Crippen LogP contribution in [-0.4, -0.2) is 30.9 Å². The van der Waals surface area contributed by atoms with Crippen molar-refractivity contribution in [1.29, 1.82) is 0 Å². The maximum atomic E-state index is 13.5. The summed E-state index contributed by atoms with van der Waals surface area (Å²) >= 11 is 6.39. The van der Waals surface area contributed by atoms with Gasteiger partial charge in [-0.25, -0.2) is 4.79 Å². The standard InChI is InChI=1S/C30H33ClN2O6/c1-6-37-29(36)27-25(26-21(34)13-30(4,5)14-23(26)39-28(27)32)19-12-18(31)8-10-22(19)38-15-24(35)33-20-9-7-16(2)11-17(20)3/h7-12,25H,6,13-15,32H2,1-5H3,(H,33,35). The molecule has 206 valence electrons. The Kier molecular flexibility index (Phi) is 8.07. The van der Waals surface area contributed by atoms with E-state index in [1.807, 2.05) is 45.9 Å². The average molecular weight is 553 g/mol. The molecule has 1 amide bonds. The number of amides is 1. The first-order valence-electron chi connectivity index (χ1n) is 12.8. The van der Waals surface area contributed by atoms with E-state index in [-0.39, 0.29) is 53.9 Å². The van der Waals surface area contributed by atoms with E-state index in [4.69, 9.17) is 31.5 Å². The van der Waals surface area contributed by atoms with Crippen LogP contribution in [0.2, 0.25) is 5.02 Å². The third kappa shape index (κ3) is 6.11. The van der Waals surface area contributed by atoms with Crippen molar-refractivity contribution in [3.05, 3.63) is 80.9 Å². The van der Waals surface area contributed by atoms with Crippen LogP contribution < -0.4 is 15.8 Å². The van der Waals surface area contributed by atoms with Gasteiger partial charge in [-0.3, -0.25) is 9.59 Å². The molecule has 0 radical (unpaired) electrons. The quantitative estimate of drug-likeness (QED) is 0.438. The molecule has 1 atom stereocenters. The van der Waals surface area contributed by atoms with Crippen molar-refractivity contribution in [2.24, 2.45) is 11.1 Å². The topological polar surface area (TPSA) is 117 Å². The van der Waals surface area contributed by atoms with Crippen LogP contribution in [0.15, 0.2) is 59.2 Å². The van der Waals surface area contributed by atoms with Gasteiger partial charge in [0.05, 0.1) is 12.5 Å². The molecule has 4 rings (SSSR count). The van der Waals surface area contributed by atoms with E-state index < -0.39 is 11.9 Å². The molecule has 39 heavy (non-hydrogen) atoms. The normalized spacial score (nSPS) is 18.3. The molecule has 3 N–H and O–H groups in total. The molecule has 0 saturated carbocycles. The number of carbonyl (C=O) groups is 3. The average Bonchev–Trinajstić information content (AvgIpc) is 2.83. The SMILES string of the molecule is CCOC(=O)C1=C(N)OC2=C(C(=O)CC(C)(C)C2)C1c1cc(Cl)ccc1OCC(=O)Nc1ccc(C)cc1C. The van der Waals surface area contributed by atoms with Crippen molar-refractivity contribution >= 4 is 34.9 Å². The number of anilines is 1. The maximum absolute atomic E-state index is 13.5. The number of ketones is 1. The summed E-state index contributed by atoms with van der Waals surface area (Å²) in [6.07, 6.45) is 0.715. The third-order valence-corrected chi connectivity index (χ3v) is 6.98. The molecule has 2 aromatic rings. The lowest BCUT2D eigenvalue weighted by Crippen LogP contribution is -2.36. The van der Waals surface area contributed by atoms with Gasteiger partial charge in [0.15, 0.2) is 12.4 Å². The fourth-order valence-electron chi connectivity index (χ4n) is 5.06. The molecular formula is C30H33ClN2O6. The molecule has 1 aliphatic carbocycles. The molecule has 1 heterocycles. The van der Waals surface area contributed by atoms with Crippen LogP contribution in [0.1, 0.15) is 56.2 Å². The first kappa shape index (κ1) is 28.2. The van der Waals surface area contributed by atoms with Crippen molar-refractivity contribution in [3.8, 4) is 5.75 Å². The number of benzene rings is 2. The minimum Gasteiger partial charge on any atom is -0.483 e. The second kappa shape index (κ2) is 11.1. The number of aryl methyl sites for hydroxylation is 2. The van der Waals surface area contributed by atoms with E-state index >= 15 is 0 Å². The van der Waals surface area contributed by atoms with Crippen LogP contribution in [0, 0.1) is 19.3 Å². The molecule has 0 fully saturated rings. The van der Waals surface area contributed by atoms with Crippen molar-refractivity contribution in [2.75, 3.05) is 18.5 Å². The molecular weight excluding hydrogens is 520 g/mol. The number of hydrogen-bond donors (Lipinski definition) is 2. The van der Waals surface area contributed by atoms with E-state index in [2.05, 4.69) is 5.32 Å². The summed E-state index contributed by atoms with van der Waals surface area (Å²) < 4.78 is 17.1. The molecule has 0 bridgehead atoms. The monoisotopic (exact) mass is 552 g/mol. The Morgan fingerprint density at radius 1 is 1.15 bits per heavy atom. The molecule has 0 saturated heterocycles. The van der Waals surface area contributed by atoms with Gasteiger partial charge in [0, 0.05) is 34.7 Å². The summed E-state index contributed by atoms with van der Waals surface area (Å²) in [7, 11) is 0. The lowest BCUT2D eigenvalue weighted by Gasteiger charge is -2.38. The summed E-state index contributed by atoms with van der Waals surface area (Å²) in [5.41, 5.74) is 9.35. The first-order chi connectivity index (χ1) is 18.4. The fraction of sp³-hybridized carbons (Fsp3) is 0.367. The number of nitrogens with two attached hydrogens (primary N) is 1. The number of allylic oxidation sites excluding steroid dienone is 2. The van der Waals surface area contributed by atoms with Gasteiger partial charge >= 0.3 is 5.97 Å². The second-order valence-corrected chi connectivity index (χ2v) is 11.1. The molecule has 0 aromatic heterocycles. The lowest BCUT2D eigenvalue weighted by atomic mass is 9.70. The van der Waals surface area contributed by atoms with Crippen LogP contribution in [0.25, 0.3) is 0 Å². The molecule has 8 nitrogen and oxygen atoms in total. The Bertz CT molecular complexity index is 1410. The lowest BCUT2D eigenvalue weighted by molar-refractivity contribution is -0.139. The molecule has 9 heteroatoms. The van der Waals surface area contributed by atoms with Crippen molar-refractivity contribution < 1.29 is 28.6 Å². The van der Waals surface area contributed by atoms with Crippen LogP contribution in [-0.2, 0) is 23.9 Å². The molecule has 1 aliphatic heterocycles. The van der Waals surface area contributed by atoms with Gasteiger partial charge in [-0.05, 0) is 56.0 Å². The number of esters is 1. The summed E-state index contributed by atoms with van der Waals surface area (Å²) in [5.74, 6) is -1.63. The summed E-state index contributed by atoms with van der Waals surface area (Å²) in [6.45, 7) is 9.29. The Hall–Kier alpha value is -3.78. The van der Waals surface area contributed by atoms with E-state index in [9.17, 15) is 14.4 Å². The maximum Gasteiger partial charge on any atom is 0.340 e. The minimum absolute atomic E-state index is 0.00416. The highest BCUT2D eigenvalue weighted by atomic mass is 35.5. The zero-order chi connectivity index (χ0) is 28.5. The van der Waals surface area contributed by atoms with Gasteiger partial charge in [-0.15, -0.1) is 0 Å². The summed E-state index contributed by atoms with van der Waals surface area (Å²) in [4.78, 5) is 39.4. The number of ether oxygens (including phenoxy) is 3. The van der Waals surface area contributed by atoms with Gasteiger partial charge in [0.1, 0.15) is 17.1 Å². The van der Waals surface area contributed by atoms with Gasteiger partial charge < -0.3 is 25.3 Å². The molecule has 0 spiro atoms. The van der Waals surface area contributed by atoms with Crippen LogP contribution in [0.5, 0.6) is 5.75 Å². The molecule has 2 aromatic carbocycles. The smallest absolute Gasteiger partial charge is 0.340 e. The number of nitrogens with one attached hydrogen (secondary N) is 1. The number of carbonyl (C=O) groups excluding carboxylic acids is 3. The Morgan fingerprint density at radius 2 is 1.90 bits per heavy atom. The summed E-state index contributed by atoms with van der Waals surface area (Å²) in [6, 6.07) is 10.5. The zero-order valence-corrected chi connectivity index (χ0v) is 23.5. The van der Waals surface area contributed by atoms with E-state index in [0.29, 0.717) is 34.0 Å². The zero-order valence-electron chi connectivity index (χ0n) is 22.8. The van der Waals surface area contributed by atoms with Crippen LogP contribution in [0.4, 0.5) is 5.69 Å². The third-order valence-electron chi connectivity index (χ3n) is 6.75. The minimum atomic E-state index is -0.937. The van der Waals surface area contributed by atoms with Gasteiger partial charge in [-0.2, -0.15) is 0 Å². The Morgan fingerprint density at radius 3 is 2.59 bits per heavy atom. The molecule has 2 aliphatic rings. The first-order valence-corrected chi connectivity index (χ1v) is 13.2. The Balaban J connectivity index is 1.72. The largest absolute Gasteiger partial charge is 0.483 e. The van der Waals surface area contributed by atoms with Crippen molar-refractivity contribution in [2.45, 2.75) is 53.4 Å². The fourth-order valence-corrected chi connectivity index (χ4v) is 5.24. The van der Waals surface area contributed by atoms with Gasteiger partial charge in [-0.1, -0.05) is 43.1 Å². The van der Waals surface area contributed by atoms with E-state index in [1.54, 1.807) is 25.1 Å². The van der Waals surface area contributed by atoms with Crippen LogP contribution >= 0.6 is 11.6 Å².